The van der Waals surface area contributed by atoms with Gasteiger partial charge in [-0.2, -0.15) is 4.98 Å². The van der Waals surface area contributed by atoms with Crippen LogP contribution in [0.5, 0.6) is 0 Å². The van der Waals surface area contributed by atoms with Crippen LogP contribution in [0.15, 0.2) is 6.07 Å². The summed E-state index contributed by atoms with van der Waals surface area (Å²) in [5.41, 5.74) is 1.03. The van der Waals surface area contributed by atoms with E-state index >= 15 is 0 Å². The van der Waals surface area contributed by atoms with Crippen LogP contribution in [0.25, 0.3) is 0 Å². The van der Waals surface area contributed by atoms with Gasteiger partial charge in [0.15, 0.2) is 0 Å². The van der Waals surface area contributed by atoms with Crippen molar-refractivity contribution in [2.45, 2.75) is 27.2 Å². The largest absolute Gasteiger partial charge is 0.370 e. The molecule has 0 atom stereocenters. The van der Waals surface area contributed by atoms with Gasteiger partial charge in [-0.3, -0.25) is 0 Å². The Balaban J connectivity index is 2.00. The van der Waals surface area contributed by atoms with Gasteiger partial charge in [0.05, 0.1) is 0 Å². The van der Waals surface area contributed by atoms with Crippen LogP contribution >= 0.6 is 0 Å². The summed E-state index contributed by atoms with van der Waals surface area (Å²) in [6, 6.07) is 2.03. The number of nitrogens with one attached hydrogen (secondary N) is 1. The molecule has 1 aromatic heterocycles. The second kappa shape index (κ2) is 6.88. The standard InChI is InChI=1S/C15H27N5/c1-12(2)5-6-16-14-11-13(3)17-15(18-14)20-9-7-19(4)8-10-20/h11-12H,5-10H2,1-4H3,(H,16,17,18). The van der Waals surface area contributed by atoms with E-state index < -0.39 is 0 Å². The Morgan fingerprint density at radius 2 is 1.90 bits per heavy atom. The number of aromatic nitrogens is 2. The van der Waals surface area contributed by atoms with E-state index in [1.54, 1.807) is 0 Å². The highest BCUT2D eigenvalue weighted by Gasteiger charge is 2.17. The predicted octanol–water partition coefficient (Wildman–Crippen LogP) is 1.99. The predicted molar refractivity (Wildman–Crippen MR) is 84.4 cm³/mol. The highest BCUT2D eigenvalue weighted by atomic mass is 15.3. The van der Waals surface area contributed by atoms with Crippen molar-refractivity contribution in [3.63, 3.8) is 0 Å². The van der Waals surface area contributed by atoms with Gasteiger partial charge in [-0.1, -0.05) is 13.8 Å². The van der Waals surface area contributed by atoms with Gasteiger partial charge in [0.1, 0.15) is 5.82 Å². The summed E-state index contributed by atoms with van der Waals surface area (Å²) in [7, 11) is 2.16. The molecule has 0 saturated carbocycles. The highest BCUT2D eigenvalue weighted by Crippen LogP contribution is 2.15. The topological polar surface area (TPSA) is 44.3 Å². The number of rotatable bonds is 5. The van der Waals surface area contributed by atoms with Crippen LogP contribution in [0.2, 0.25) is 0 Å². The summed E-state index contributed by atoms with van der Waals surface area (Å²) < 4.78 is 0. The minimum absolute atomic E-state index is 0.711. The Morgan fingerprint density at radius 1 is 1.20 bits per heavy atom. The van der Waals surface area contributed by atoms with E-state index in [0.29, 0.717) is 5.92 Å². The second-order valence-corrected chi connectivity index (χ2v) is 6.09. The van der Waals surface area contributed by atoms with Crippen molar-refractivity contribution in [2.24, 2.45) is 5.92 Å². The molecule has 1 aliphatic heterocycles. The molecule has 1 N–H and O–H groups in total. The summed E-state index contributed by atoms with van der Waals surface area (Å²) in [6.45, 7) is 11.6. The number of hydrogen-bond donors (Lipinski definition) is 1. The number of hydrogen-bond acceptors (Lipinski definition) is 5. The Hall–Kier alpha value is -1.36. The minimum Gasteiger partial charge on any atom is -0.370 e. The van der Waals surface area contributed by atoms with Crippen molar-refractivity contribution in [3.05, 3.63) is 11.8 Å². The van der Waals surface area contributed by atoms with Crippen LogP contribution in [-0.4, -0.2) is 54.6 Å². The van der Waals surface area contributed by atoms with E-state index in [4.69, 9.17) is 0 Å². The van der Waals surface area contributed by atoms with Gasteiger partial charge >= 0.3 is 0 Å². The first-order valence-electron chi connectivity index (χ1n) is 7.57. The minimum atomic E-state index is 0.711. The molecule has 2 heterocycles. The normalized spacial score (nSPS) is 16.8. The molecule has 0 amide bonds. The van der Waals surface area contributed by atoms with Gasteiger partial charge < -0.3 is 15.1 Å². The lowest BCUT2D eigenvalue weighted by Gasteiger charge is -2.32. The zero-order valence-corrected chi connectivity index (χ0v) is 13.2. The molecule has 5 heteroatoms. The zero-order valence-electron chi connectivity index (χ0n) is 13.2. The summed E-state index contributed by atoms with van der Waals surface area (Å²) in [5, 5.41) is 3.42. The van der Waals surface area contributed by atoms with Gasteiger partial charge in [-0.15, -0.1) is 0 Å². The molecule has 0 radical (unpaired) electrons. The molecule has 1 fully saturated rings. The van der Waals surface area contributed by atoms with Gasteiger partial charge in [-0.05, 0) is 26.3 Å². The number of likely N-dealkylation sites (N-methyl/N-ethyl adjacent to an activating group) is 1. The van der Waals surface area contributed by atoms with Gasteiger partial charge in [0.25, 0.3) is 0 Å². The quantitative estimate of drug-likeness (QED) is 0.892. The summed E-state index contributed by atoms with van der Waals surface area (Å²) in [6.07, 6.45) is 1.16. The lowest BCUT2D eigenvalue weighted by Crippen LogP contribution is -2.45. The molecule has 112 valence electrons. The Labute approximate surface area is 122 Å². The molecule has 1 saturated heterocycles. The molecule has 20 heavy (non-hydrogen) atoms. The Morgan fingerprint density at radius 3 is 2.55 bits per heavy atom. The third-order valence-corrected chi connectivity index (χ3v) is 3.66. The average molecular weight is 277 g/mol. The fourth-order valence-electron chi connectivity index (χ4n) is 2.28. The summed E-state index contributed by atoms with van der Waals surface area (Å²) in [5.74, 6) is 2.53. The molecule has 0 spiro atoms. The first-order chi connectivity index (χ1) is 9.54. The average Bonchev–Trinajstić information content (AvgIpc) is 2.38. The maximum atomic E-state index is 4.66. The molecule has 1 aliphatic rings. The fourth-order valence-corrected chi connectivity index (χ4v) is 2.28. The molecule has 2 rings (SSSR count). The van der Waals surface area contributed by atoms with E-state index in [9.17, 15) is 0 Å². The van der Waals surface area contributed by atoms with Crippen LogP contribution in [0.1, 0.15) is 26.0 Å². The lowest BCUT2D eigenvalue weighted by atomic mass is 10.1. The van der Waals surface area contributed by atoms with E-state index in [1.807, 2.05) is 13.0 Å². The van der Waals surface area contributed by atoms with Crippen molar-refractivity contribution < 1.29 is 0 Å². The number of piperazine rings is 1. The van der Waals surface area contributed by atoms with Crippen molar-refractivity contribution in [1.29, 1.82) is 0 Å². The summed E-state index contributed by atoms with van der Waals surface area (Å²) >= 11 is 0. The highest BCUT2D eigenvalue weighted by molar-refractivity contribution is 5.43. The SMILES string of the molecule is Cc1cc(NCCC(C)C)nc(N2CCN(C)CC2)n1. The molecular formula is C15H27N5. The second-order valence-electron chi connectivity index (χ2n) is 6.09. The monoisotopic (exact) mass is 277 g/mol. The van der Waals surface area contributed by atoms with Gasteiger partial charge in [-0.25, -0.2) is 4.98 Å². The van der Waals surface area contributed by atoms with E-state index in [0.717, 1.165) is 56.6 Å². The zero-order chi connectivity index (χ0) is 14.5. The number of nitrogens with zero attached hydrogens (tertiary/aromatic N) is 4. The molecule has 0 aliphatic carbocycles. The molecule has 0 unspecified atom stereocenters. The Bertz CT molecular complexity index is 424. The van der Waals surface area contributed by atoms with Crippen LogP contribution < -0.4 is 10.2 Å². The smallest absolute Gasteiger partial charge is 0.227 e. The van der Waals surface area contributed by atoms with Crippen LogP contribution in [0, 0.1) is 12.8 Å². The fraction of sp³-hybridized carbons (Fsp3) is 0.733. The third-order valence-electron chi connectivity index (χ3n) is 3.66. The van der Waals surface area contributed by atoms with Crippen molar-refractivity contribution in [1.82, 2.24) is 14.9 Å². The van der Waals surface area contributed by atoms with Crippen molar-refractivity contribution >= 4 is 11.8 Å². The Kier molecular flexibility index (Phi) is 5.17. The van der Waals surface area contributed by atoms with Crippen molar-refractivity contribution in [3.8, 4) is 0 Å². The van der Waals surface area contributed by atoms with Gasteiger partial charge in [0.2, 0.25) is 5.95 Å². The van der Waals surface area contributed by atoms with E-state index in [2.05, 4.69) is 46.0 Å². The van der Waals surface area contributed by atoms with E-state index in [-0.39, 0.29) is 0 Å². The van der Waals surface area contributed by atoms with Crippen LogP contribution in [-0.2, 0) is 0 Å². The maximum Gasteiger partial charge on any atom is 0.227 e. The maximum absolute atomic E-state index is 4.66. The van der Waals surface area contributed by atoms with Gasteiger partial charge in [0, 0.05) is 44.5 Å². The molecule has 5 nitrogen and oxygen atoms in total. The van der Waals surface area contributed by atoms with Crippen LogP contribution in [0.4, 0.5) is 11.8 Å². The first-order valence-corrected chi connectivity index (χ1v) is 7.57. The lowest BCUT2D eigenvalue weighted by molar-refractivity contribution is 0.311. The molecule has 0 bridgehead atoms. The third kappa shape index (κ3) is 4.34. The molecule has 0 aromatic carbocycles. The van der Waals surface area contributed by atoms with Crippen molar-refractivity contribution in [2.75, 3.05) is 50.0 Å². The summed E-state index contributed by atoms with van der Waals surface area (Å²) in [4.78, 5) is 13.9. The van der Waals surface area contributed by atoms with E-state index in [1.165, 1.54) is 0 Å². The molecule has 1 aromatic rings. The number of aryl methyl sites for hydroxylation is 1. The van der Waals surface area contributed by atoms with Crippen LogP contribution in [0.3, 0.4) is 0 Å². The molecular weight excluding hydrogens is 250 g/mol. The first kappa shape index (κ1) is 15.0. The number of anilines is 2.